The van der Waals surface area contributed by atoms with Gasteiger partial charge in [0.1, 0.15) is 5.84 Å². The summed E-state index contributed by atoms with van der Waals surface area (Å²) >= 11 is 0. The average molecular weight is 213 g/mol. The first-order valence-electron chi connectivity index (χ1n) is 5.58. The minimum atomic E-state index is 1.03. The van der Waals surface area contributed by atoms with Gasteiger partial charge in [0.05, 0.1) is 5.69 Å². The van der Waals surface area contributed by atoms with E-state index in [2.05, 4.69) is 51.8 Å². The molecule has 82 valence electrons. The lowest BCUT2D eigenvalue weighted by Crippen LogP contribution is -2.37. The standard InChI is InChI=1S/C13H15N3/c1-14-13-12-9-10-5-3-4-6-11(10)16(12)8-7-15(13)2/h3-6,9H,7-8H2,1-2H3. The normalized spacial score (nSPS) is 18.1. The first kappa shape index (κ1) is 9.46. The van der Waals surface area contributed by atoms with Crippen LogP contribution in [0.1, 0.15) is 5.69 Å². The second-order valence-electron chi connectivity index (χ2n) is 4.21. The maximum Gasteiger partial charge on any atom is 0.147 e. The Morgan fingerprint density at radius 1 is 1.19 bits per heavy atom. The number of likely N-dealkylation sites (N-methyl/N-ethyl adjacent to an activating group) is 1. The van der Waals surface area contributed by atoms with Crippen molar-refractivity contribution in [1.29, 1.82) is 0 Å². The Morgan fingerprint density at radius 2 is 2.00 bits per heavy atom. The Kier molecular flexibility index (Phi) is 1.99. The van der Waals surface area contributed by atoms with Crippen LogP contribution in [-0.4, -0.2) is 35.9 Å². The van der Waals surface area contributed by atoms with Crippen LogP contribution in [0.5, 0.6) is 0 Å². The number of aromatic nitrogens is 1. The Hall–Kier alpha value is -1.77. The molecule has 16 heavy (non-hydrogen) atoms. The van der Waals surface area contributed by atoms with Gasteiger partial charge in [0.25, 0.3) is 0 Å². The second-order valence-corrected chi connectivity index (χ2v) is 4.21. The van der Waals surface area contributed by atoms with Gasteiger partial charge in [-0.1, -0.05) is 18.2 Å². The van der Waals surface area contributed by atoms with Crippen molar-refractivity contribution in [3.8, 4) is 0 Å². The van der Waals surface area contributed by atoms with Crippen LogP contribution in [0.2, 0.25) is 0 Å². The molecule has 2 heterocycles. The van der Waals surface area contributed by atoms with E-state index in [-0.39, 0.29) is 0 Å². The highest BCUT2D eigenvalue weighted by Gasteiger charge is 2.20. The third kappa shape index (κ3) is 1.18. The topological polar surface area (TPSA) is 20.5 Å². The molecule has 0 aliphatic carbocycles. The molecule has 0 atom stereocenters. The van der Waals surface area contributed by atoms with Gasteiger partial charge in [-0.2, -0.15) is 0 Å². The van der Waals surface area contributed by atoms with Gasteiger partial charge in [-0.25, -0.2) is 0 Å². The fourth-order valence-electron chi connectivity index (χ4n) is 2.47. The van der Waals surface area contributed by atoms with E-state index in [0.717, 1.165) is 18.9 Å². The molecule has 1 aliphatic rings. The van der Waals surface area contributed by atoms with Crippen molar-refractivity contribution in [1.82, 2.24) is 9.47 Å². The number of hydrogen-bond acceptors (Lipinski definition) is 1. The molecule has 2 aromatic rings. The molecule has 1 aromatic heterocycles. The summed E-state index contributed by atoms with van der Waals surface area (Å²) in [5, 5.41) is 1.30. The minimum absolute atomic E-state index is 1.03. The van der Waals surface area contributed by atoms with Gasteiger partial charge in [0.15, 0.2) is 0 Å². The predicted octanol–water partition coefficient (Wildman–Crippen LogP) is 1.96. The molecule has 0 N–H and O–H groups in total. The zero-order chi connectivity index (χ0) is 11.1. The summed E-state index contributed by atoms with van der Waals surface area (Å²) in [6.07, 6.45) is 0. The number of aliphatic imine (C=N–C) groups is 1. The van der Waals surface area contributed by atoms with E-state index < -0.39 is 0 Å². The van der Waals surface area contributed by atoms with Gasteiger partial charge >= 0.3 is 0 Å². The molecule has 3 rings (SSSR count). The molecule has 1 aromatic carbocycles. The second kappa shape index (κ2) is 3.37. The third-order valence-corrected chi connectivity index (χ3v) is 3.27. The molecule has 0 spiro atoms. The number of amidine groups is 1. The van der Waals surface area contributed by atoms with Crippen molar-refractivity contribution in [3.05, 3.63) is 36.0 Å². The predicted molar refractivity (Wildman–Crippen MR) is 67.0 cm³/mol. The third-order valence-electron chi connectivity index (χ3n) is 3.27. The lowest BCUT2D eigenvalue weighted by Gasteiger charge is -2.28. The van der Waals surface area contributed by atoms with Crippen LogP contribution >= 0.6 is 0 Å². The van der Waals surface area contributed by atoms with E-state index in [0.29, 0.717) is 0 Å². The molecule has 0 saturated carbocycles. The summed E-state index contributed by atoms with van der Waals surface area (Å²) in [4.78, 5) is 6.60. The van der Waals surface area contributed by atoms with E-state index in [1.54, 1.807) is 0 Å². The summed E-state index contributed by atoms with van der Waals surface area (Å²) in [5.41, 5.74) is 2.55. The van der Waals surface area contributed by atoms with Gasteiger partial charge < -0.3 is 9.47 Å². The Balaban J connectivity index is 2.31. The molecule has 1 aliphatic heterocycles. The number of para-hydroxylation sites is 1. The van der Waals surface area contributed by atoms with Crippen molar-refractivity contribution in [3.63, 3.8) is 0 Å². The van der Waals surface area contributed by atoms with Crippen molar-refractivity contribution in [2.45, 2.75) is 6.54 Å². The molecule has 0 fully saturated rings. The first-order valence-corrected chi connectivity index (χ1v) is 5.58. The number of rotatable bonds is 0. The van der Waals surface area contributed by atoms with E-state index in [1.165, 1.54) is 16.6 Å². The fourth-order valence-corrected chi connectivity index (χ4v) is 2.47. The highest BCUT2D eigenvalue weighted by molar-refractivity contribution is 6.02. The largest absolute Gasteiger partial charge is 0.356 e. The van der Waals surface area contributed by atoms with Gasteiger partial charge in [0.2, 0.25) is 0 Å². The van der Waals surface area contributed by atoms with E-state index in [4.69, 9.17) is 0 Å². The Labute approximate surface area is 95.0 Å². The molecule has 0 radical (unpaired) electrons. The molecule has 3 heteroatoms. The van der Waals surface area contributed by atoms with Crippen molar-refractivity contribution in [2.24, 2.45) is 4.99 Å². The maximum atomic E-state index is 4.39. The molecule has 0 unspecified atom stereocenters. The highest BCUT2D eigenvalue weighted by atomic mass is 15.2. The monoisotopic (exact) mass is 213 g/mol. The number of benzene rings is 1. The van der Waals surface area contributed by atoms with Crippen LogP contribution in [-0.2, 0) is 6.54 Å². The smallest absolute Gasteiger partial charge is 0.147 e. The zero-order valence-corrected chi connectivity index (χ0v) is 9.64. The molecular weight excluding hydrogens is 198 g/mol. The SMILES string of the molecule is CN=C1c2cc3ccccc3n2CCN1C. The van der Waals surface area contributed by atoms with Crippen LogP contribution in [0.3, 0.4) is 0 Å². The van der Waals surface area contributed by atoms with Crippen LogP contribution in [0.25, 0.3) is 10.9 Å². The number of nitrogens with zero attached hydrogens (tertiary/aromatic N) is 3. The summed E-state index contributed by atoms with van der Waals surface area (Å²) in [6, 6.07) is 10.7. The highest BCUT2D eigenvalue weighted by Crippen LogP contribution is 2.23. The molecule has 0 amide bonds. The minimum Gasteiger partial charge on any atom is -0.356 e. The average Bonchev–Trinajstić information content (AvgIpc) is 2.67. The van der Waals surface area contributed by atoms with Crippen molar-refractivity contribution in [2.75, 3.05) is 20.6 Å². The lowest BCUT2D eigenvalue weighted by molar-refractivity contribution is 0.439. The summed E-state index contributed by atoms with van der Waals surface area (Å²) in [6.45, 7) is 2.07. The van der Waals surface area contributed by atoms with Crippen LogP contribution < -0.4 is 0 Å². The van der Waals surface area contributed by atoms with Crippen LogP contribution in [0.15, 0.2) is 35.3 Å². The van der Waals surface area contributed by atoms with E-state index in [1.807, 2.05) is 7.05 Å². The van der Waals surface area contributed by atoms with E-state index >= 15 is 0 Å². The first-order chi connectivity index (χ1) is 7.81. The van der Waals surface area contributed by atoms with Gasteiger partial charge in [-0.15, -0.1) is 0 Å². The summed E-state index contributed by atoms with van der Waals surface area (Å²) in [5.74, 6) is 1.09. The molecule has 0 bridgehead atoms. The number of hydrogen-bond donors (Lipinski definition) is 0. The fraction of sp³-hybridized carbons (Fsp3) is 0.308. The van der Waals surface area contributed by atoms with E-state index in [9.17, 15) is 0 Å². The van der Waals surface area contributed by atoms with Gasteiger partial charge in [-0.3, -0.25) is 4.99 Å². The summed E-state index contributed by atoms with van der Waals surface area (Å²) in [7, 11) is 3.96. The van der Waals surface area contributed by atoms with Gasteiger partial charge in [-0.05, 0) is 12.1 Å². The van der Waals surface area contributed by atoms with Crippen LogP contribution in [0.4, 0.5) is 0 Å². The summed E-state index contributed by atoms with van der Waals surface area (Å²) < 4.78 is 2.36. The Bertz CT molecular complexity index is 566. The molecule has 3 nitrogen and oxygen atoms in total. The molecule has 0 saturated heterocycles. The van der Waals surface area contributed by atoms with Crippen molar-refractivity contribution >= 4 is 16.7 Å². The van der Waals surface area contributed by atoms with Gasteiger partial charge in [0, 0.05) is 38.1 Å². The quantitative estimate of drug-likeness (QED) is 0.655. The number of fused-ring (bicyclic) bond motifs is 3. The molecular formula is C13H15N3. The van der Waals surface area contributed by atoms with Crippen LogP contribution in [0, 0.1) is 0 Å². The lowest BCUT2D eigenvalue weighted by atomic mass is 10.2. The van der Waals surface area contributed by atoms with Crippen molar-refractivity contribution < 1.29 is 0 Å². The zero-order valence-electron chi connectivity index (χ0n) is 9.64. The Morgan fingerprint density at radius 3 is 2.81 bits per heavy atom. The maximum absolute atomic E-state index is 4.39.